The molecule has 4 heteroatoms. The number of nitrogens with zero attached hydrogens (tertiary/aromatic N) is 1. The fourth-order valence-corrected chi connectivity index (χ4v) is 1.71. The molecule has 0 aliphatic heterocycles. The van der Waals surface area contributed by atoms with Crippen LogP contribution in [0.2, 0.25) is 0 Å². The zero-order valence-electron chi connectivity index (χ0n) is 9.20. The number of imidazole rings is 1. The second-order valence-electron chi connectivity index (χ2n) is 3.75. The summed E-state index contributed by atoms with van der Waals surface area (Å²) < 4.78 is 0. The van der Waals surface area contributed by atoms with Gasteiger partial charge in [0.2, 0.25) is 0 Å². The van der Waals surface area contributed by atoms with Gasteiger partial charge in [-0.1, -0.05) is 12.1 Å². The number of nitrogens with one attached hydrogen (secondary N) is 1. The molecule has 2 aromatic rings. The number of aromatic hydroxyl groups is 1. The minimum Gasteiger partial charge on any atom is -0.508 e. The minimum absolute atomic E-state index is 0.250. The summed E-state index contributed by atoms with van der Waals surface area (Å²) >= 11 is 0. The summed E-state index contributed by atoms with van der Waals surface area (Å²) in [5.74, 6) is 1.14. The third-order valence-electron chi connectivity index (χ3n) is 2.43. The van der Waals surface area contributed by atoms with Crippen molar-refractivity contribution in [2.75, 3.05) is 6.54 Å². The molecule has 2 rings (SSSR count). The molecule has 0 unspecified atom stereocenters. The third-order valence-corrected chi connectivity index (χ3v) is 2.43. The molecule has 1 aromatic heterocycles. The Morgan fingerprint density at radius 1 is 1.44 bits per heavy atom. The molecular formula is C12H15N3O. The number of hydrogen-bond acceptors (Lipinski definition) is 3. The standard InChI is InChI=1S/C12H15N3O/c1-8-12(15-11(14-8)5-6-13)9-3-2-4-10(16)7-9/h2-4,7,16H,5-6,13H2,1H3,(H,14,15). The molecule has 4 nitrogen and oxygen atoms in total. The maximum atomic E-state index is 9.42. The van der Waals surface area contributed by atoms with E-state index >= 15 is 0 Å². The highest BCUT2D eigenvalue weighted by molar-refractivity contribution is 5.63. The van der Waals surface area contributed by atoms with Crippen molar-refractivity contribution in [3.8, 4) is 17.0 Å². The molecule has 0 saturated carbocycles. The number of aromatic nitrogens is 2. The van der Waals surface area contributed by atoms with E-state index in [4.69, 9.17) is 5.73 Å². The second-order valence-corrected chi connectivity index (χ2v) is 3.75. The summed E-state index contributed by atoms with van der Waals surface area (Å²) in [7, 11) is 0. The smallest absolute Gasteiger partial charge is 0.116 e. The maximum absolute atomic E-state index is 9.42. The van der Waals surface area contributed by atoms with Gasteiger partial charge in [0, 0.05) is 17.7 Å². The second kappa shape index (κ2) is 4.37. The lowest BCUT2D eigenvalue weighted by atomic mass is 10.1. The number of phenols is 1. The van der Waals surface area contributed by atoms with Crippen LogP contribution in [0.25, 0.3) is 11.3 Å². The minimum atomic E-state index is 0.250. The van der Waals surface area contributed by atoms with E-state index in [1.54, 1.807) is 18.2 Å². The predicted molar refractivity (Wildman–Crippen MR) is 63.2 cm³/mol. The molecule has 84 valence electrons. The fourth-order valence-electron chi connectivity index (χ4n) is 1.71. The molecule has 0 saturated heterocycles. The molecule has 0 aliphatic rings. The van der Waals surface area contributed by atoms with Crippen molar-refractivity contribution in [2.24, 2.45) is 5.73 Å². The van der Waals surface area contributed by atoms with E-state index in [9.17, 15) is 5.11 Å². The van der Waals surface area contributed by atoms with Crippen molar-refractivity contribution in [3.63, 3.8) is 0 Å². The van der Waals surface area contributed by atoms with E-state index in [1.807, 2.05) is 13.0 Å². The van der Waals surface area contributed by atoms with Crippen LogP contribution in [0, 0.1) is 6.92 Å². The van der Waals surface area contributed by atoms with Crippen molar-refractivity contribution in [3.05, 3.63) is 35.8 Å². The van der Waals surface area contributed by atoms with E-state index in [2.05, 4.69) is 9.97 Å². The Labute approximate surface area is 94.1 Å². The number of aromatic amines is 1. The molecule has 1 aromatic carbocycles. The average Bonchev–Trinajstić information content (AvgIpc) is 2.60. The summed E-state index contributed by atoms with van der Waals surface area (Å²) in [5, 5.41) is 9.42. The van der Waals surface area contributed by atoms with Gasteiger partial charge in [-0.05, 0) is 25.6 Å². The number of benzene rings is 1. The lowest BCUT2D eigenvalue weighted by molar-refractivity contribution is 0.475. The Morgan fingerprint density at radius 3 is 2.94 bits per heavy atom. The number of H-pyrrole nitrogens is 1. The molecule has 0 fully saturated rings. The van der Waals surface area contributed by atoms with Gasteiger partial charge < -0.3 is 15.8 Å². The average molecular weight is 217 g/mol. The highest BCUT2D eigenvalue weighted by Crippen LogP contribution is 2.24. The summed E-state index contributed by atoms with van der Waals surface area (Å²) in [6.45, 7) is 2.54. The number of rotatable bonds is 3. The zero-order chi connectivity index (χ0) is 11.5. The van der Waals surface area contributed by atoms with Crippen LogP contribution in [0.5, 0.6) is 5.75 Å². The lowest BCUT2D eigenvalue weighted by Gasteiger charge is -1.98. The van der Waals surface area contributed by atoms with Crippen LogP contribution in [0.4, 0.5) is 0 Å². The summed E-state index contributed by atoms with van der Waals surface area (Å²) in [6, 6.07) is 7.08. The number of nitrogens with two attached hydrogens (primary N) is 1. The Balaban J connectivity index is 2.40. The predicted octanol–water partition coefficient (Wildman–Crippen LogP) is 1.59. The Kier molecular flexibility index (Phi) is 2.92. The molecule has 0 atom stereocenters. The fraction of sp³-hybridized carbons (Fsp3) is 0.250. The summed E-state index contributed by atoms with van der Waals surface area (Å²) in [4.78, 5) is 7.65. The first kappa shape index (κ1) is 10.7. The molecule has 4 N–H and O–H groups in total. The monoisotopic (exact) mass is 217 g/mol. The van der Waals surface area contributed by atoms with Crippen LogP contribution in [0.3, 0.4) is 0 Å². The highest BCUT2D eigenvalue weighted by Gasteiger charge is 2.08. The molecule has 0 amide bonds. The van der Waals surface area contributed by atoms with Crippen LogP contribution in [0.15, 0.2) is 24.3 Å². The van der Waals surface area contributed by atoms with E-state index in [1.165, 1.54) is 0 Å². The van der Waals surface area contributed by atoms with E-state index < -0.39 is 0 Å². The van der Waals surface area contributed by atoms with Gasteiger partial charge in [-0.3, -0.25) is 0 Å². The molecule has 0 radical (unpaired) electrons. The molecule has 16 heavy (non-hydrogen) atoms. The SMILES string of the molecule is Cc1[nH]c(CCN)nc1-c1cccc(O)c1. The van der Waals surface area contributed by atoms with Gasteiger partial charge >= 0.3 is 0 Å². The van der Waals surface area contributed by atoms with Crippen molar-refractivity contribution in [2.45, 2.75) is 13.3 Å². The Hall–Kier alpha value is -1.81. The number of aryl methyl sites for hydroxylation is 1. The van der Waals surface area contributed by atoms with Crippen LogP contribution in [-0.4, -0.2) is 21.6 Å². The quantitative estimate of drug-likeness (QED) is 0.730. The number of hydrogen-bond donors (Lipinski definition) is 3. The summed E-state index contributed by atoms with van der Waals surface area (Å²) in [6.07, 6.45) is 0.736. The van der Waals surface area contributed by atoms with Crippen molar-refractivity contribution >= 4 is 0 Å². The van der Waals surface area contributed by atoms with E-state index in [-0.39, 0.29) is 5.75 Å². The van der Waals surface area contributed by atoms with E-state index in [0.29, 0.717) is 6.54 Å². The molecule has 0 bridgehead atoms. The molecule has 0 spiro atoms. The maximum Gasteiger partial charge on any atom is 0.116 e. The first-order valence-electron chi connectivity index (χ1n) is 5.25. The lowest BCUT2D eigenvalue weighted by Crippen LogP contribution is -2.03. The highest BCUT2D eigenvalue weighted by atomic mass is 16.3. The molecule has 1 heterocycles. The topological polar surface area (TPSA) is 74.9 Å². The molecular weight excluding hydrogens is 202 g/mol. The zero-order valence-corrected chi connectivity index (χ0v) is 9.20. The Morgan fingerprint density at radius 2 is 2.25 bits per heavy atom. The van der Waals surface area contributed by atoms with Crippen molar-refractivity contribution in [1.29, 1.82) is 0 Å². The van der Waals surface area contributed by atoms with Gasteiger partial charge in [-0.2, -0.15) is 0 Å². The molecule has 0 aliphatic carbocycles. The normalized spacial score (nSPS) is 10.6. The van der Waals surface area contributed by atoms with Gasteiger partial charge in [-0.25, -0.2) is 4.98 Å². The van der Waals surface area contributed by atoms with Crippen molar-refractivity contribution in [1.82, 2.24) is 9.97 Å². The summed E-state index contributed by atoms with van der Waals surface area (Å²) in [5.41, 5.74) is 8.27. The van der Waals surface area contributed by atoms with Gasteiger partial charge in [0.15, 0.2) is 0 Å². The van der Waals surface area contributed by atoms with Crippen LogP contribution in [0.1, 0.15) is 11.5 Å². The third kappa shape index (κ3) is 2.06. The first-order chi connectivity index (χ1) is 7.70. The Bertz CT molecular complexity index is 491. The van der Waals surface area contributed by atoms with Crippen LogP contribution in [-0.2, 0) is 6.42 Å². The van der Waals surface area contributed by atoms with E-state index in [0.717, 1.165) is 29.2 Å². The van der Waals surface area contributed by atoms with Gasteiger partial charge in [0.25, 0.3) is 0 Å². The van der Waals surface area contributed by atoms with Crippen LogP contribution >= 0.6 is 0 Å². The van der Waals surface area contributed by atoms with Crippen LogP contribution < -0.4 is 5.73 Å². The number of phenolic OH excluding ortho intramolecular Hbond substituents is 1. The largest absolute Gasteiger partial charge is 0.508 e. The first-order valence-corrected chi connectivity index (χ1v) is 5.25. The van der Waals surface area contributed by atoms with Gasteiger partial charge in [-0.15, -0.1) is 0 Å². The van der Waals surface area contributed by atoms with Crippen molar-refractivity contribution < 1.29 is 5.11 Å². The van der Waals surface area contributed by atoms with Gasteiger partial charge in [0.1, 0.15) is 11.6 Å². The van der Waals surface area contributed by atoms with Gasteiger partial charge in [0.05, 0.1) is 5.69 Å².